The number of benzene rings is 7. The van der Waals surface area contributed by atoms with Crippen molar-refractivity contribution >= 4 is 44.2 Å². The fourth-order valence-electron chi connectivity index (χ4n) is 7.81. The Balaban J connectivity index is 1.27. The van der Waals surface area contributed by atoms with Crippen molar-refractivity contribution in [2.24, 2.45) is 15.7 Å². The first-order valence-corrected chi connectivity index (χ1v) is 17.2. The van der Waals surface area contributed by atoms with Gasteiger partial charge in [-0.1, -0.05) is 141 Å². The molecule has 0 amide bonds. The van der Waals surface area contributed by atoms with E-state index in [0.29, 0.717) is 18.2 Å². The summed E-state index contributed by atoms with van der Waals surface area (Å²) in [4.78, 5) is 10.1. The average molecular weight is 645 g/mol. The third-order valence-electron chi connectivity index (χ3n) is 10.3. The summed E-state index contributed by atoms with van der Waals surface area (Å²) in [5.74, 6) is 1.04. The van der Waals surface area contributed by atoms with Gasteiger partial charge in [-0.15, -0.1) is 0 Å². The van der Waals surface area contributed by atoms with Gasteiger partial charge in [0.1, 0.15) is 5.84 Å². The van der Waals surface area contributed by atoms with E-state index < -0.39 is 0 Å². The van der Waals surface area contributed by atoms with Gasteiger partial charge in [0.2, 0.25) is 0 Å². The highest BCUT2D eigenvalue weighted by Crippen LogP contribution is 2.51. The van der Waals surface area contributed by atoms with Gasteiger partial charge in [0.15, 0.2) is 5.84 Å². The normalized spacial score (nSPS) is 14.0. The van der Waals surface area contributed by atoms with E-state index >= 15 is 0 Å². The minimum absolute atomic E-state index is 0.103. The molecule has 0 unspecified atom stereocenters. The highest BCUT2D eigenvalue weighted by Gasteiger charge is 2.36. The first-order chi connectivity index (χ1) is 24.5. The molecule has 0 atom stereocenters. The van der Waals surface area contributed by atoms with Gasteiger partial charge in [-0.2, -0.15) is 0 Å². The molecule has 50 heavy (non-hydrogen) atoms. The van der Waals surface area contributed by atoms with Crippen molar-refractivity contribution in [1.82, 2.24) is 4.57 Å². The first kappa shape index (κ1) is 29.8. The zero-order valence-corrected chi connectivity index (χ0v) is 28.1. The third-order valence-corrected chi connectivity index (χ3v) is 10.3. The number of rotatable bonds is 5. The van der Waals surface area contributed by atoms with Crippen LogP contribution in [0.2, 0.25) is 0 Å². The average Bonchev–Trinajstić information content (AvgIpc) is 3.60. The van der Waals surface area contributed by atoms with Gasteiger partial charge in [0, 0.05) is 32.7 Å². The minimum atomic E-state index is -0.103. The predicted molar refractivity (Wildman–Crippen MR) is 210 cm³/mol. The number of aliphatic imine (C=N–C) groups is 2. The number of fused-ring (bicyclic) bond motifs is 7. The van der Waals surface area contributed by atoms with Crippen LogP contribution in [0.15, 0.2) is 168 Å². The number of nitrogens with zero attached hydrogens (tertiary/aromatic N) is 3. The van der Waals surface area contributed by atoms with Gasteiger partial charge in [-0.3, -0.25) is 4.99 Å². The van der Waals surface area contributed by atoms with Crippen molar-refractivity contribution in [3.05, 3.63) is 186 Å². The van der Waals surface area contributed by atoms with Crippen molar-refractivity contribution in [3.63, 3.8) is 0 Å². The minimum Gasteiger partial charge on any atom is -0.383 e. The molecular formula is C46H36N4. The summed E-state index contributed by atoms with van der Waals surface area (Å²) in [5, 5.41) is 4.69. The van der Waals surface area contributed by atoms with E-state index in [1.807, 2.05) is 48.5 Å². The molecule has 4 nitrogen and oxygen atoms in total. The van der Waals surface area contributed by atoms with Gasteiger partial charge in [0.25, 0.3) is 0 Å². The lowest BCUT2D eigenvalue weighted by Crippen LogP contribution is -2.16. The Hall–Kier alpha value is -6.26. The summed E-state index contributed by atoms with van der Waals surface area (Å²) in [5.41, 5.74) is 18.4. The van der Waals surface area contributed by atoms with Crippen LogP contribution in [0.3, 0.4) is 0 Å². The number of hydrogen-bond donors (Lipinski definition) is 1. The largest absolute Gasteiger partial charge is 0.383 e. The molecule has 9 rings (SSSR count). The molecule has 1 aromatic heterocycles. The summed E-state index contributed by atoms with van der Waals surface area (Å²) < 4.78 is 2.44. The molecule has 7 aromatic carbocycles. The van der Waals surface area contributed by atoms with Gasteiger partial charge in [-0.05, 0) is 63.5 Å². The van der Waals surface area contributed by atoms with Crippen LogP contribution in [0.4, 0.5) is 0 Å². The van der Waals surface area contributed by atoms with E-state index in [1.54, 1.807) is 0 Å². The maximum absolute atomic E-state index is 6.64. The molecule has 0 saturated carbocycles. The second-order valence-corrected chi connectivity index (χ2v) is 13.6. The lowest BCUT2D eigenvalue weighted by molar-refractivity contribution is 0.661. The van der Waals surface area contributed by atoms with Crippen LogP contribution >= 0.6 is 0 Å². The fraction of sp³-hybridized carbons (Fsp3) is 0.0870. The molecule has 0 spiro atoms. The van der Waals surface area contributed by atoms with Crippen LogP contribution in [-0.2, 0) is 12.0 Å². The Labute approximate surface area is 291 Å². The van der Waals surface area contributed by atoms with Crippen LogP contribution in [0.25, 0.3) is 49.4 Å². The second-order valence-electron chi connectivity index (χ2n) is 13.6. The fourth-order valence-corrected chi connectivity index (χ4v) is 7.81. The van der Waals surface area contributed by atoms with Crippen molar-refractivity contribution < 1.29 is 0 Å². The molecule has 0 saturated heterocycles. The van der Waals surface area contributed by atoms with Crippen molar-refractivity contribution in [1.29, 1.82) is 0 Å². The van der Waals surface area contributed by atoms with E-state index in [1.165, 1.54) is 44.1 Å². The first-order valence-electron chi connectivity index (χ1n) is 17.2. The Bertz CT molecular complexity index is 2640. The number of para-hydroxylation sites is 1. The highest BCUT2D eigenvalue weighted by molar-refractivity contribution is 6.18. The van der Waals surface area contributed by atoms with Gasteiger partial charge >= 0.3 is 0 Å². The molecule has 0 radical (unpaired) electrons. The predicted octanol–water partition coefficient (Wildman–Crippen LogP) is 10.6. The molecule has 1 heterocycles. The summed E-state index contributed by atoms with van der Waals surface area (Å²) in [6.45, 7) is 5.19. The molecule has 2 N–H and O–H groups in total. The number of amidine groups is 2. The van der Waals surface area contributed by atoms with Crippen LogP contribution < -0.4 is 5.73 Å². The van der Waals surface area contributed by atoms with E-state index in [0.717, 1.165) is 33.2 Å². The summed E-state index contributed by atoms with van der Waals surface area (Å²) >= 11 is 0. The van der Waals surface area contributed by atoms with E-state index in [-0.39, 0.29) is 5.41 Å². The lowest BCUT2D eigenvalue weighted by atomic mass is 9.82. The molecule has 4 heteroatoms. The molecule has 1 aliphatic carbocycles. The lowest BCUT2D eigenvalue weighted by Gasteiger charge is -2.22. The maximum Gasteiger partial charge on any atom is 0.157 e. The van der Waals surface area contributed by atoms with Crippen LogP contribution in [-0.4, -0.2) is 16.2 Å². The van der Waals surface area contributed by atoms with Crippen molar-refractivity contribution in [2.75, 3.05) is 0 Å². The highest BCUT2D eigenvalue weighted by atomic mass is 15.0. The molecule has 8 aromatic rings. The van der Waals surface area contributed by atoms with Crippen molar-refractivity contribution in [2.45, 2.75) is 25.8 Å². The third kappa shape index (κ3) is 4.75. The molecule has 1 aliphatic rings. The smallest absolute Gasteiger partial charge is 0.157 e. The molecule has 0 fully saturated rings. The molecule has 240 valence electrons. The number of aromatic nitrogens is 1. The SMILES string of the molecule is CC1(C)c2ccccc2-c2cc3c4ccccc4n(-c4ccc(C(N=C(N)c5ccccc5)=NCc5ccccc5)c5ccccc45)c3cc21. The van der Waals surface area contributed by atoms with Crippen LogP contribution in [0.1, 0.15) is 41.7 Å². The molecular weight excluding hydrogens is 609 g/mol. The van der Waals surface area contributed by atoms with Crippen LogP contribution in [0, 0.1) is 0 Å². The Morgan fingerprint density at radius 3 is 2.04 bits per heavy atom. The molecule has 0 aliphatic heterocycles. The van der Waals surface area contributed by atoms with Gasteiger partial charge < -0.3 is 10.3 Å². The summed E-state index contributed by atoms with van der Waals surface area (Å²) in [6, 6.07) is 55.6. The van der Waals surface area contributed by atoms with Gasteiger partial charge in [0.05, 0.1) is 23.3 Å². The van der Waals surface area contributed by atoms with E-state index in [9.17, 15) is 0 Å². The Kier molecular flexibility index (Phi) is 6.99. The quantitative estimate of drug-likeness (QED) is 0.147. The van der Waals surface area contributed by atoms with E-state index in [4.69, 9.17) is 15.7 Å². The number of nitrogens with two attached hydrogens (primary N) is 1. The topological polar surface area (TPSA) is 55.7 Å². The standard InChI is InChI=1S/C46H36N4/c1-46(2)39-23-13-11-20-33(39)37-27-38-35-22-12-14-24-41(35)50(43(38)28-40(37)46)42-26-25-36(32-19-9-10-21-34(32)42)45(48-29-30-15-5-3-6-16-30)49-44(47)31-17-7-4-8-18-31/h3-28H,29H2,1-2H3,(H2,47,48,49). The zero-order chi connectivity index (χ0) is 33.8. The Morgan fingerprint density at radius 1 is 0.580 bits per heavy atom. The maximum atomic E-state index is 6.64. The van der Waals surface area contributed by atoms with Gasteiger partial charge in [-0.25, -0.2) is 4.99 Å². The summed E-state index contributed by atoms with van der Waals surface area (Å²) in [7, 11) is 0. The Morgan fingerprint density at radius 2 is 1.24 bits per heavy atom. The van der Waals surface area contributed by atoms with Crippen LogP contribution in [0.5, 0.6) is 0 Å². The van der Waals surface area contributed by atoms with E-state index in [2.05, 4.69) is 128 Å². The molecule has 0 bridgehead atoms. The summed E-state index contributed by atoms with van der Waals surface area (Å²) in [6.07, 6.45) is 0. The number of hydrogen-bond acceptors (Lipinski definition) is 1. The van der Waals surface area contributed by atoms with Crippen molar-refractivity contribution in [3.8, 4) is 16.8 Å². The zero-order valence-electron chi connectivity index (χ0n) is 28.1. The second kappa shape index (κ2) is 11.7. The monoisotopic (exact) mass is 644 g/mol.